The molecular weight excluding hydrogens is 242 g/mol. The maximum absolute atomic E-state index is 6.36. The Morgan fingerprint density at radius 3 is 2.61 bits per heavy atom. The van der Waals surface area contributed by atoms with Crippen LogP contribution in [0.25, 0.3) is 0 Å². The van der Waals surface area contributed by atoms with Crippen LogP contribution in [-0.2, 0) is 12.0 Å². The van der Waals surface area contributed by atoms with E-state index in [-0.39, 0.29) is 5.54 Å². The van der Waals surface area contributed by atoms with Gasteiger partial charge < -0.3 is 0 Å². The minimum atomic E-state index is -0.183. The zero-order chi connectivity index (χ0) is 12.2. The van der Waals surface area contributed by atoms with Gasteiger partial charge in [0.2, 0.25) is 0 Å². The molecule has 2 aromatic carbocycles. The van der Waals surface area contributed by atoms with Crippen LogP contribution < -0.4 is 5.32 Å². The summed E-state index contributed by atoms with van der Waals surface area (Å²) in [6.45, 7) is 0. The molecule has 0 spiro atoms. The Morgan fingerprint density at radius 2 is 1.78 bits per heavy atom. The summed E-state index contributed by atoms with van der Waals surface area (Å²) in [4.78, 5) is 0. The van der Waals surface area contributed by atoms with Crippen LogP contribution in [0.1, 0.15) is 28.3 Å². The van der Waals surface area contributed by atoms with Gasteiger partial charge in [-0.25, -0.2) is 0 Å². The average Bonchev–Trinajstić information content (AvgIpc) is 2.71. The largest absolute Gasteiger partial charge is 0.295 e. The Labute approximate surface area is 112 Å². The highest BCUT2D eigenvalue weighted by atomic mass is 35.5. The lowest BCUT2D eigenvalue weighted by Crippen LogP contribution is -2.45. The van der Waals surface area contributed by atoms with Crippen molar-refractivity contribution in [1.29, 1.82) is 0 Å². The van der Waals surface area contributed by atoms with E-state index < -0.39 is 0 Å². The van der Waals surface area contributed by atoms with Crippen LogP contribution >= 0.6 is 11.6 Å². The number of alkyl halides is 1. The minimum absolute atomic E-state index is 0.183. The van der Waals surface area contributed by atoms with Crippen LogP contribution in [0, 0.1) is 0 Å². The van der Waals surface area contributed by atoms with Crippen LogP contribution in [0.3, 0.4) is 0 Å². The quantitative estimate of drug-likeness (QED) is 0.771. The van der Waals surface area contributed by atoms with Gasteiger partial charge in [-0.05, 0) is 28.7 Å². The van der Waals surface area contributed by atoms with E-state index in [1.54, 1.807) is 0 Å². The maximum Gasteiger partial charge on any atom is 0.0838 e. The van der Waals surface area contributed by atoms with Gasteiger partial charge in [0.1, 0.15) is 0 Å². The fraction of sp³-hybridized carbons (Fsp3) is 0.250. The Morgan fingerprint density at radius 1 is 1.06 bits per heavy atom. The van der Waals surface area contributed by atoms with Crippen molar-refractivity contribution in [2.75, 3.05) is 5.88 Å². The van der Waals surface area contributed by atoms with Crippen molar-refractivity contribution >= 4 is 11.6 Å². The number of fused-ring (bicyclic) bond motifs is 7. The first-order valence-electron chi connectivity index (χ1n) is 6.36. The summed E-state index contributed by atoms with van der Waals surface area (Å²) in [6, 6.07) is 17.8. The Hall–Kier alpha value is -1.31. The molecule has 2 aliphatic heterocycles. The van der Waals surface area contributed by atoms with Crippen LogP contribution in [0.5, 0.6) is 0 Å². The molecule has 2 heterocycles. The van der Waals surface area contributed by atoms with E-state index in [0.29, 0.717) is 11.9 Å². The molecule has 1 nitrogen and oxygen atoms in total. The molecule has 1 N–H and O–H groups in total. The predicted molar refractivity (Wildman–Crippen MR) is 74.0 cm³/mol. The Kier molecular flexibility index (Phi) is 2.12. The van der Waals surface area contributed by atoms with Crippen molar-refractivity contribution in [1.82, 2.24) is 5.32 Å². The van der Waals surface area contributed by atoms with Gasteiger partial charge in [-0.1, -0.05) is 48.5 Å². The zero-order valence-corrected chi connectivity index (χ0v) is 10.7. The Bertz CT molecular complexity index is 609. The Balaban J connectivity index is 2.05. The second kappa shape index (κ2) is 3.59. The molecular formula is C16H14ClN. The molecule has 0 amide bonds. The third kappa shape index (κ3) is 1.16. The van der Waals surface area contributed by atoms with Gasteiger partial charge in [-0.2, -0.15) is 0 Å². The van der Waals surface area contributed by atoms with E-state index in [2.05, 4.69) is 53.8 Å². The van der Waals surface area contributed by atoms with E-state index in [4.69, 9.17) is 11.6 Å². The lowest BCUT2D eigenvalue weighted by Gasteiger charge is -2.36. The van der Waals surface area contributed by atoms with Crippen LogP contribution in [0.4, 0.5) is 0 Å². The SMILES string of the molecule is ClC[C@]12N[C@H](Cc3ccccc31)c1ccccc12. The van der Waals surface area contributed by atoms with Gasteiger partial charge >= 0.3 is 0 Å². The second-order valence-electron chi connectivity index (χ2n) is 5.18. The molecule has 0 aliphatic carbocycles. The number of hydrogen-bond donors (Lipinski definition) is 1. The molecule has 0 saturated carbocycles. The fourth-order valence-electron chi connectivity index (χ4n) is 3.54. The topological polar surface area (TPSA) is 12.0 Å². The molecule has 2 bridgehead atoms. The van der Waals surface area contributed by atoms with Crippen LogP contribution in [0.2, 0.25) is 0 Å². The summed E-state index contributed by atoms with van der Waals surface area (Å²) in [5.41, 5.74) is 5.36. The molecule has 2 aromatic rings. The number of hydrogen-bond acceptors (Lipinski definition) is 1. The van der Waals surface area contributed by atoms with E-state index in [0.717, 1.165) is 6.42 Å². The zero-order valence-electron chi connectivity index (χ0n) is 9.99. The molecule has 18 heavy (non-hydrogen) atoms. The van der Waals surface area contributed by atoms with Crippen molar-refractivity contribution in [3.8, 4) is 0 Å². The molecule has 2 aliphatic rings. The fourth-order valence-corrected chi connectivity index (χ4v) is 3.91. The van der Waals surface area contributed by atoms with Gasteiger partial charge in [0, 0.05) is 11.9 Å². The summed E-state index contributed by atoms with van der Waals surface area (Å²) in [5, 5.41) is 3.74. The summed E-state index contributed by atoms with van der Waals surface area (Å²) < 4.78 is 0. The van der Waals surface area contributed by atoms with Gasteiger partial charge in [0.05, 0.1) is 5.54 Å². The van der Waals surface area contributed by atoms with Crippen LogP contribution in [-0.4, -0.2) is 5.88 Å². The van der Waals surface area contributed by atoms with E-state index in [1.165, 1.54) is 22.3 Å². The molecule has 2 heteroatoms. The van der Waals surface area contributed by atoms with E-state index in [9.17, 15) is 0 Å². The minimum Gasteiger partial charge on any atom is -0.295 e. The van der Waals surface area contributed by atoms with Crippen LogP contribution in [0.15, 0.2) is 48.5 Å². The average molecular weight is 256 g/mol. The first-order valence-corrected chi connectivity index (χ1v) is 6.90. The van der Waals surface area contributed by atoms with Crippen molar-refractivity contribution in [3.05, 3.63) is 70.8 Å². The molecule has 0 saturated heterocycles. The van der Waals surface area contributed by atoms with Gasteiger partial charge in [-0.15, -0.1) is 11.6 Å². The summed E-state index contributed by atoms with van der Waals surface area (Å²) >= 11 is 6.36. The van der Waals surface area contributed by atoms with Gasteiger partial charge in [0.25, 0.3) is 0 Å². The maximum atomic E-state index is 6.36. The van der Waals surface area contributed by atoms with Gasteiger partial charge in [-0.3, -0.25) is 5.32 Å². The highest BCUT2D eigenvalue weighted by molar-refractivity contribution is 6.19. The third-order valence-electron chi connectivity index (χ3n) is 4.32. The lowest BCUT2D eigenvalue weighted by molar-refractivity contribution is 0.393. The predicted octanol–water partition coefficient (Wildman–Crippen LogP) is 3.37. The molecule has 4 rings (SSSR count). The number of halogens is 1. The monoisotopic (exact) mass is 255 g/mol. The molecule has 0 aromatic heterocycles. The normalized spacial score (nSPS) is 27.7. The summed E-state index contributed by atoms with van der Waals surface area (Å²) in [5.74, 6) is 0.581. The third-order valence-corrected chi connectivity index (χ3v) is 4.72. The first-order chi connectivity index (χ1) is 8.85. The molecule has 2 atom stereocenters. The van der Waals surface area contributed by atoms with Gasteiger partial charge in [0.15, 0.2) is 0 Å². The molecule has 0 fully saturated rings. The second-order valence-corrected chi connectivity index (χ2v) is 5.45. The smallest absolute Gasteiger partial charge is 0.0838 e. The standard InChI is InChI=1S/C16H14ClN/c17-10-16-13-7-3-1-5-11(13)9-15(18-16)12-6-2-4-8-14(12)16/h1-8,15,18H,9-10H2/t15-,16+/m1/s1. The first kappa shape index (κ1) is 10.6. The van der Waals surface area contributed by atoms with E-state index >= 15 is 0 Å². The van der Waals surface area contributed by atoms with Crippen molar-refractivity contribution in [2.45, 2.75) is 18.0 Å². The highest BCUT2D eigenvalue weighted by Crippen LogP contribution is 2.48. The molecule has 0 radical (unpaired) electrons. The lowest BCUT2D eigenvalue weighted by atomic mass is 9.82. The van der Waals surface area contributed by atoms with E-state index in [1.807, 2.05) is 0 Å². The molecule has 0 unspecified atom stereocenters. The summed E-state index contributed by atoms with van der Waals surface area (Å²) in [7, 11) is 0. The number of rotatable bonds is 1. The van der Waals surface area contributed by atoms with Crippen molar-refractivity contribution in [2.24, 2.45) is 0 Å². The molecule has 90 valence electrons. The van der Waals surface area contributed by atoms with Crippen molar-refractivity contribution in [3.63, 3.8) is 0 Å². The number of benzene rings is 2. The van der Waals surface area contributed by atoms with Crippen molar-refractivity contribution < 1.29 is 0 Å². The number of nitrogens with one attached hydrogen (secondary N) is 1. The summed E-state index contributed by atoms with van der Waals surface area (Å²) in [6.07, 6.45) is 1.06. The highest BCUT2D eigenvalue weighted by Gasteiger charge is 2.47.